The highest BCUT2D eigenvalue weighted by Gasteiger charge is 2.04. The Kier molecular flexibility index (Phi) is 7.01. The number of nitrogens with one attached hydrogen (secondary N) is 1. The number of amides is 1. The molecule has 0 saturated heterocycles. The Morgan fingerprint density at radius 2 is 2.37 bits per heavy atom. The first-order valence-electron chi connectivity index (χ1n) is 6.18. The number of thioether (sulfide) groups is 1. The third-order valence-corrected chi connectivity index (χ3v) is 3.73. The van der Waals surface area contributed by atoms with Gasteiger partial charge >= 0.3 is 0 Å². The quantitative estimate of drug-likeness (QED) is 0.751. The minimum Gasteiger partial charge on any atom is -0.395 e. The minimum atomic E-state index is -0.0488. The number of nitrogens with zero attached hydrogens (tertiary/aromatic N) is 1. The van der Waals surface area contributed by atoms with E-state index in [1.807, 2.05) is 13.0 Å². The molecular weight excluding hydrogens is 260 g/mol. The van der Waals surface area contributed by atoms with Crippen LogP contribution in [-0.4, -0.2) is 28.6 Å². The zero-order valence-electron chi connectivity index (χ0n) is 10.9. The second kappa shape index (κ2) is 8.57. The van der Waals surface area contributed by atoms with E-state index < -0.39 is 0 Å². The summed E-state index contributed by atoms with van der Waals surface area (Å²) in [5.41, 5.74) is 1.19. The molecule has 1 aromatic carbocycles. The molecule has 0 saturated carbocycles. The molecule has 1 unspecified atom stereocenters. The van der Waals surface area contributed by atoms with Gasteiger partial charge in [0.05, 0.1) is 18.2 Å². The van der Waals surface area contributed by atoms with Gasteiger partial charge in [-0.25, -0.2) is 0 Å². The standard InChI is InChI=1S/C14H18N2O2S/c1-11(10-17)19-7-3-6-14(18)16-13-5-2-4-12(8-13)9-15/h2,4-5,8,11,17H,3,6-7,10H2,1H3,(H,16,18). The Morgan fingerprint density at radius 3 is 3.05 bits per heavy atom. The van der Waals surface area contributed by atoms with Gasteiger partial charge in [0.25, 0.3) is 0 Å². The zero-order valence-corrected chi connectivity index (χ0v) is 11.7. The summed E-state index contributed by atoms with van der Waals surface area (Å²) in [4.78, 5) is 11.7. The van der Waals surface area contributed by atoms with Crippen LogP contribution in [0.3, 0.4) is 0 Å². The molecule has 102 valence electrons. The first kappa shape index (κ1) is 15.5. The summed E-state index contributed by atoms with van der Waals surface area (Å²) in [5.74, 6) is 0.806. The Morgan fingerprint density at radius 1 is 1.58 bits per heavy atom. The van der Waals surface area contributed by atoms with Gasteiger partial charge in [-0.15, -0.1) is 0 Å². The minimum absolute atomic E-state index is 0.0488. The highest BCUT2D eigenvalue weighted by molar-refractivity contribution is 7.99. The number of carbonyl (C=O) groups is 1. The van der Waals surface area contributed by atoms with E-state index >= 15 is 0 Å². The molecule has 1 aromatic rings. The molecule has 1 amide bonds. The van der Waals surface area contributed by atoms with Gasteiger partial charge in [0.1, 0.15) is 0 Å². The molecule has 0 aliphatic heterocycles. The summed E-state index contributed by atoms with van der Waals surface area (Å²) in [7, 11) is 0. The van der Waals surface area contributed by atoms with Crippen molar-refractivity contribution in [1.82, 2.24) is 0 Å². The van der Waals surface area contributed by atoms with E-state index in [2.05, 4.69) is 5.32 Å². The molecule has 1 atom stereocenters. The zero-order chi connectivity index (χ0) is 14.1. The number of rotatable bonds is 7. The lowest BCUT2D eigenvalue weighted by Gasteiger charge is -2.08. The first-order chi connectivity index (χ1) is 9.15. The fourth-order valence-electron chi connectivity index (χ4n) is 1.46. The Hall–Kier alpha value is -1.51. The molecule has 0 heterocycles. The van der Waals surface area contributed by atoms with Crippen LogP contribution in [-0.2, 0) is 4.79 Å². The van der Waals surface area contributed by atoms with Crippen LogP contribution in [0.1, 0.15) is 25.3 Å². The molecule has 2 N–H and O–H groups in total. The molecule has 0 radical (unpaired) electrons. The summed E-state index contributed by atoms with van der Waals surface area (Å²) in [6.45, 7) is 2.12. The number of benzene rings is 1. The number of aliphatic hydroxyl groups excluding tert-OH is 1. The summed E-state index contributed by atoms with van der Waals surface area (Å²) >= 11 is 1.66. The highest BCUT2D eigenvalue weighted by atomic mass is 32.2. The molecule has 19 heavy (non-hydrogen) atoms. The van der Waals surface area contributed by atoms with Crippen LogP contribution in [0.15, 0.2) is 24.3 Å². The second-order valence-electron chi connectivity index (χ2n) is 4.21. The highest BCUT2D eigenvalue weighted by Crippen LogP contribution is 2.13. The van der Waals surface area contributed by atoms with Crippen LogP contribution in [0.5, 0.6) is 0 Å². The van der Waals surface area contributed by atoms with Gasteiger partial charge in [0, 0.05) is 17.4 Å². The van der Waals surface area contributed by atoms with E-state index in [0.717, 1.165) is 12.2 Å². The second-order valence-corrected chi connectivity index (χ2v) is 5.75. The van der Waals surface area contributed by atoms with Gasteiger partial charge in [-0.05, 0) is 30.4 Å². The van der Waals surface area contributed by atoms with Crippen molar-refractivity contribution in [1.29, 1.82) is 5.26 Å². The molecule has 0 aliphatic carbocycles. The predicted molar refractivity (Wildman–Crippen MR) is 78.0 cm³/mol. The number of anilines is 1. The van der Waals surface area contributed by atoms with Crippen LogP contribution < -0.4 is 5.32 Å². The van der Waals surface area contributed by atoms with Crippen molar-refractivity contribution in [2.24, 2.45) is 0 Å². The van der Waals surface area contributed by atoms with Gasteiger partial charge in [-0.1, -0.05) is 13.0 Å². The number of hydrogen-bond donors (Lipinski definition) is 2. The van der Waals surface area contributed by atoms with Crippen LogP contribution in [0.25, 0.3) is 0 Å². The van der Waals surface area contributed by atoms with Crippen molar-refractivity contribution in [2.45, 2.75) is 25.0 Å². The Balaban J connectivity index is 2.29. The Bertz CT molecular complexity index is 457. The normalized spacial score (nSPS) is 11.6. The molecule has 0 aliphatic rings. The number of nitriles is 1. The average Bonchev–Trinajstić information content (AvgIpc) is 2.43. The van der Waals surface area contributed by atoms with Gasteiger partial charge in [0.2, 0.25) is 5.91 Å². The number of hydrogen-bond acceptors (Lipinski definition) is 4. The first-order valence-corrected chi connectivity index (χ1v) is 7.23. The van der Waals surface area contributed by atoms with Crippen molar-refractivity contribution in [2.75, 3.05) is 17.7 Å². The molecule has 4 nitrogen and oxygen atoms in total. The van der Waals surface area contributed by atoms with E-state index in [9.17, 15) is 4.79 Å². The van der Waals surface area contributed by atoms with E-state index in [0.29, 0.717) is 17.7 Å². The van der Waals surface area contributed by atoms with Crippen molar-refractivity contribution in [3.8, 4) is 6.07 Å². The molecule has 1 rings (SSSR count). The smallest absolute Gasteiger partial charge is 0.224 e. The SMILES string of the molecule is CC(CO)SCCCC(=O)Nc1cccc(C#N)c1. The van der Waals surface area contributed by atoms with E-state index in [1.54, 1.807) is 36.0 Å². The molecule has 0 spiro atoms. The topological polar surface area (TPSA) is 73.1 Å². The van der Waals surface area contributed by atoms with Crippen molar-refractivity contribution in [3.05, 3.63) is 29.8 Å². The third-order valence-electron chi connectivity index (χ3n) is 2.48. The summed E-state index contributed by atoms with van der Waals surface area (Å²) in [5, 5.41) is 20.6. The van der Waals surface area contributed by atoms with Gasteiger partial charge in [-0.3, -0.25) is 4.79 Å². The van der Waals surface area contributed by atoms with Crippen LogP contribution in [0, 0.1) is 11.3 Å². The lowest BCUT2D eigenvalue weighted by molar-refractivity contribution is -0.116. The van der Waals surface area contributed by atoms with E-state index in [-0.39, 0.29) is 17.8 Å². The fourth-order valence-corrected chi connectivity index (χ4v) is 2.28. The summed E-state index contributed by atoms with van der Waals surface area (Å²) < 4.78 is 0. The molecule has 0 fully saturated rings. The molecule has 0 aromatic heterocycles. The lowest BCUT2D eigenvalue weighted by Crippen LogP contribution is -2.12. The number of aliphatic hydroxyl groups is 1. The van der Waals surface area contributed by atoms with Crippen molar-refractivity contribution in [3.63, 3.8) is 0 Å². The maximum atomic E-state index is 11.7. The van der Waals surface area contributed by atoms with E-state index in [1.165, 1.54) is 0 Å². The summed E-state index contributed by atoms with van der Waals surface area (Å²) in [6, 6.07) is 8.89. The average molecular weight is 278 g/mol. The van der Waals surface area contributed by atoms with Gasteiger partial charge < -0.3 is 10.4 Å². The third kappa shape index (κ3) is 6.27. The number of carbonyl (C=O) groups excluding carboxylic acids is 1. The van der Waals surface area contributed by atoms with Crippen LogP contribution >= 0.6 is 11.8 Å². The van der Waals surface area contributed by atoms with Crippen LogP contribution in [0.4, 0.5) is 5.69 Å². The van der Waals surface area contributed by atoms with Crippen molar-refractivity contribution >= 4 is 23.4 Å². The fraction of sp³-hybridized carbons (Fsp3) is 0.429. The van der Waals surface area contributed by atoms with Crippen LogP contribution in [0.2, 0.25) is 0 Å². The largest absolute Gasteiger partial charge is 0.395 e. The van der Waals surface area contributed by atoms with Gasteiger partial charge in [-0.2, -0.15) is 17.0 Å². The molecule has 5 heteroatoms. The van der Waals surface area contributed by atoms with E-state index in [4.69, 9.17) is 10.4 Å². The summed E-state index contributed by atoms with van der Waals surface area (Å²) in [6.07, 6.45) is 1.22. The maximum absolute atomic E-state index is 11.7. The molecule has 0 bridgehead atoms. The van der Waals surface area contributed by atoms with Crippen molar-refractivity contribution < 1.29 is 9.90 Å². The predicted octanol–water partition coefficient (Wildman–Crippen LogP) is 2.39. The monoisotopic (exact) mass is 278 g/mol. The Labute approximate surface area is 117 Å². The lowest BCUT2D eigenvalue weighted by atomic mass is 10.2. The maximum Gasteiger partial charge on any atom is 0.224 e. The van der Waals surface area contributed by atoms with Gasteiger partial charge in [0.15, 0.2) is 0 Å². The molecular formula is C14H18N2O2S.